The molecule has 0 radical (unpaired) electrons. The molecule has 1 fully saturated rings. The van der Waals surface area contributed by atoms with Crippen molar-refractivity contribution < 1.29 is 26.7 Å². The molecule has 5 rings (SSSR count). The number of nitrogens with zero attached hydrogens (tertiary/aromatic N) is 6. The van der Waals surface area contributed by atoms with Crippen LogP contribution in [0.3, 0.4) is 0 Å². The molecule has 0 spiro atoms. The molecule has 2 aliphatic heterocycles. The highest BCUT2D eigenvalue weighted by molar-refractivity contribution is 5.83. The third kappa shape index (κ3) is 4.30. The molecule has 3 aromatic rings. The number of aromatic nitrogens is 4. The van der Waals surface area contributed by atoms with Crippen molar-refractivity contribution in [3.63, 3.8) is 0 Å². The Kier molecular flexibility index (Phi) is 5.84. The van der Waals surface area contributed by atoms with Crippen LogP contribution in [0.5, 0.6) is 0 Å². The number of likely N-dealkylation sites (tertiary alicyclic amines) is 1. The van der Waals surface area contributed by atoms with Crippen LogP contribution in [-0.2, 0) is 19.3 Å². The van der Waals surface area contributed by atoms with E-state index in [1.54, 1.807) is 17.2 Å². The quantitative estimate of drug-likeness (QED) is 0.471. The molecule has 1 unspecified atom stereocenters. The SMILES string of the molecule is C[C@@H]1CC(c2ccnc3cc(C(F)F)ccc23)CCN1C(=O)N1CCn2c(nnc2C(F)(F)F)C1. The van der Waals surface area contributed by atoms with Gasteiger partial charge in [0.05, 0.1) is 12.1 Å². The van der Waals surface area contributed by atoms with Gasteiger partial charge in [-0.15, -0.1) is 10.2 Å². The van der Waals surface area contributed by atoms with E-state index in [0.717, 1.165) is 15.5 Å². The maximum Gasteiger partial charge on any atom is 0.451 e. The highest BCUT2D eigenvalue weighted by Gasteiger charge is 2.41. The molecule has 12 heteroatoms. The lowest BCUT2D eigenvalue weighted by molar-refractivity contribution is -0.147. The Bertz CT molecular complexity index is 1260. The smallest absolute Gasteiger partial charge is 0.322 e. The van der Waals surface area contributed by atoms with Gasteiger partial charge in [0, 0.05) is 42.8 Å². The molecule has 4 heterocycles. The monoisotopic (exact) mass is 494 g/mol. The lowest BCUT2D eigenvalue weighted by Crippen LogP contribution is -2.52. The number of urea groups is 1. The molecule has 2 amide bonds. The molecule has 35 heavy (non-hydrogen) atoms. The summed E-state index contributed by atoms with van der Waals surface area (Å²) < 4.78 is 66.4. The normalized spacial score (nSPS) is 21.0. The first-order valence-corrected chi connectivity index (χ1v) is 11.3. The summed E-state index contributed by atoms with van der Waals surface area (Å²) in [6, 6.07) is 6.05. The third-order valence-electron chi connectivity index (χ3n) is 6.89. The van der Waals surface area contributed by atoms with Gasteiger partial charge in [-0.1, -0.05) is 12.1 Å². The van der Waals surface area contributed by atoms with Crippen molar-refractivity contribution in [2.75, 3.05) is 13.1 Å². The predicted molar refractivity (Wildman–Crippen MR) is 116 cm³/mol. The number of carbonyl (C=O) groups is 1. The van der Waals surface area contributed by atoms with E-state index in [-0.39, 0.29) is 49.0 Å². The van der Waals surface area contributed by atoms with Crippen LogP contribution in [0.2, 0.25) is 0 Å². The number of hydrogen-bond acceptors (Lipinski definition) is 4. The van der Waals surface area contributed by atoms with Crippen molar-refractivity contribution in [2.24, 2.45) is 0 Å². The number of hydrogen-bond donors (Lipinski definition) is 0. The van der Waals surface area contributed by atoms with Crippen LogP contribution in [0, 0.1) is 0 Å². The second-order valence-corrected chi connectivity index (χ2v) is 9.03. The van der Waals surface area contributed by atoms with Gasteiger partial charge in [0.2, 0.25) is 5.82 Å². The van der Waals surface area contributed by atoms with Crippen molar-refractivity contribution in [3.05, 3.63) is 53.2 Å². The summed E-state index contributed by atoms with van der Waals surface area (Å²) in [5.74, 6) is -0.805. The number of amides is 2. The highest BCUT2D eigenvalue weighted by atomic mass is 19.4. The van der Waals surface area contributed by atoms with Crippen molar-refractivity contribution >= 4 is 16.9 Å². The average molecular weight is 494 g/mol. The van der Waals surface area contributed by atoms with E-state index in [4.69, 9.17) is 0 Å². The third-order valence-corrected chi connectivity index (χ3v) is 6.89. The van der Waals surface area contributed by atoms with E-state index in [2.05, 4.69) is 15.2 Å². The molecular weight excluding hydrogens is 471 g/mol. The van der Waals surface area contributed by atoms with Gasteiger partial charge in [-0.2, -0.15) is 13.2 Å². The highest BCUT2D eigenvalue weighted by Crippen LogP contribution is 2.37. The van der Waals surface area contributed by atoms with Gasteiger partial charge in [0.1, 0.15) is 0 Å². The maximum absolute atomic E-state index is 13.2. The minimum Gasteiger partial charge on any atom is -0.322 e. The lowest BCUT2D eigenvalue weighted by Gasteiger charge is -2.41. The van der Waals surface area contributed by atoms with Gasteiger partial charge >= 0.3 is 12.2 Å². The van der Waals surface area contributed by atoms with E-state index in [1.807, 2.05) is 13.0 Å². The van der Waals surface area contributed by atoms with Gasteiger partial charge in [0.25, 0.3) is 6.43 Å². The molecule has 2 atom stereocenters. The first-order valence-electron chi connectivity index (χ1n) is 11.3. The number of rotatable bonds is 2. The Balaban J connectivity index is 1.29. The maximum atomic E-state index is 13.2. The molecular formula is C23H23F5N6O. The van der Waals surface area contributed by atoms with E-state index < -0.39 is 18.4 Å². The van der Waals surface area contributed by atoms with Gasteiger partial charge in [-0.25, -0.2) is 13.6 Å². The van der Waals surface area contributed by atoms with E-state index >= 15 is 0 Å². The fraction of sp³-hybridized carbons (Fsp3) is 0.478. The minimum atomic E-state index is -4.59. The minimum absolute atomic E-state index is 0.0165. The number of carbonyl (C=O) groups excluding carboxylic acids is 1. The second-order valence-electron chi connectivity index (χ2n) is 9.03. The molecule has 0 N–H and O–H groups in total. The van der Waals surface area contributed by atoms with Crippen molar-refractivity contribution in [2.45, 2.75) is 57.4 Å². The molecule has 1 saturated heterocycles. The molecule has 2 aliphatic rings. The summed E-state index contributed by atoms with van der Waals surface area (Å²) in [7, 11) is 0. The van der Waals surface area contributed by atoms with Gasteiger partial charge < -0.3 is 14.4 Å². The number of benzene rings is 1. The average Bonchev–Trinajstić information content (AvgIpc) is 3.27. The predicted octanol–water partition coefficient (Wildman–Crippen LogP) is 4.99. The number of pyridine rings is 1. The van der Waals surface area contributed by atoms with Gasteiger partial charge in [-0.3, -0.25) is 4.98 Å². The van der Waals surface area contributed by atoms with Crippen LogP contribution in [0.15, 0.2) is 30.5 Å². The van der Waals surface area contributed by atoms with Crippen LogP contribution >= 0.6 is 0 Å². The number of piperidine rings is 1. The van der Waals surface area contributed by atoms with E-state index in [0.29, 0.717) is 24.9 Å². The number of fused-ring (bicyclic) bond motifs is 2. The van der Waals surface area contributed by atoms with Gasteiger partial charge in [-0.05, 0) is 43.4 Å². The molecule has 2 aromatic heterocycles. The van der Waals surface area contributed by atoms with Crippen molar-refractivity contribution in [1.82, 2.24) is 29.5 Å². The Morgan fingerprint density at radius 2 is 1.91 bits per heavy atom. The molecule has 0 bridgehead atoms. The summed E-state index contributed by atoms with van der Waals surface area (Å²) in [4.78, 5) is 20.7. The molecule has 186 valence electrons. The standard InChI is InChI=1S/C23H23F5N6O/c1-13-10-14(16-4-6-29-18-11-15(20(24)25)2-3-17(16)18)5-7-33(13)22(35)32-8-9-34-19(12-32)30-31-21(34)23(26,27)28/h2-4,6,11,13-14,20H,5,7-10,12H2,1H3/t13-,14?/m1/s1. The Labute approximate surface area is 197 Å². The van der Waals surface area contributed by atoms with Crippen LogP contribution in [0.1, 0.15) is 54.9 Å². The summed E-state index contributed by atoms with van der Waals surface area (Å²) in [5, 5.41) is 7.73. The zero-order chi connectivity index (χ0) is 24.9. The van der Waals surface area contributed by atoms with Crippen molar-refractivity contribution in [3.8, 4) is 0 Å². The number of alkyl halides is 5. The zero-order valence-corrected chi connectivity index (χ0v) is 18.8. The van der Waals surface area contributed by atoms with E-state index in [1.165, 1.54) is 17.0 Å². The first-order chi connectivity index (χ1) is 16.6. The fourth-order valence-electron chi connectivity index (χ4n) is 5.13. The molecule has 0 aliphatic carbocycles. The topological polar surface area (TPSA) is 67.2 Å². The number of halogens is 5. The Hall–Kier alpha value is -3.31. The lowest BCUT2D eigenvalue weighted by atomic mass is 9.84. The summed E-state index contributed by atoms with van der Waals surface area (Å²) in [6.07, 6.45) is -4.19. The van der Waals surface area contributed by atoms with Crippen LogP contribution in [0.25, 0.3) is 10.9 Å². The van der Waals surface area contributed by atoms with Gasteiger partial charge in [0.15, 0.2) is 5.82 Å². The fourth-order valence-corrected chi connectivity index (χ4v) is 5.13. The zero-order valence-electron chi connectivity index (χ0n) is 18.8. The Morgan fingerprint density at radius 3 is 2.63 bits per heavy atom. The molecule has 0 saturated carbocycles. The van der Waals surface area contributed by atoms with Crippen molar-refractivity contribution in [1.29, 1.82) is 0 Å². The second kappa shape index (κ2) is 8.72. The van der Waals surface area contributed by atoms with Crippen LogP contribution < -0.4 is 0 Å². The summed E-state index contributed by atoms with van der Waals surface area (Å²) in [5.41, 5.74) is 1.46. The largest absolute Gasteiger partial charge is 0.451 e. The first kappa shape index (κ1) is 23.4. The molecule has 1 aromatic carbocycles. The van der Waals surface area contributed by atoms with Crippen LogP contribution in [-0.4, -0.2) is 54.7 Å². The summed E-state index contributed by atoms with van der Waals surface area (Å²) in [6.45, 7) is 2.51. The Morgan fingerprint density at radius 1 is 1.11 bits per heavy atom. The van der Waals surface area contributed by atoms with Crippen LogP contribution in [0.4, 0.5) is 26.7 Å². The summed E-state index contributed by atoms with van der Waals surface area (Å²) >= 11 is 0. The van der Waals surface area contributed by atoms with E-state index in [9.17, 15) is 26.7 Å². The molecule has 7 nitrogen and oxygen atoms in total.